The van der Waals surface area contributed by atoms with E-state index in [2.05, 4.69) is 8.39 Å². The van der Waals surface area contributed by atoms with Gasteiger partial charge in [0.2, 0.25) is 0 Å². The third-order valence-corrected chi connectivity index (χ3v) is 1.09. The highest BCUT2D eigenvalue weighted by molar-refractivity contribution is 7.30. The van der Waals surface area contributed by atoms with Crippen molar-refractivity contribution in [3.63, 3.8) is 0 Å². The van der Waals surface area contributed by atoms with Crippen molar-refractivity contribution in [1.82, 2.24) is 0 Å². The van der Waals surface area contributed by atoms with Crippen molar-refractivity contribution in [1.29, 1.82) is 0 Å². The maximum atomic E-state index is 11.6. The van der Waals surface area contributed by atoms with Crippen LogP contribution < -0.4 is 11.3 Å². The van der Waals surface area contributed by atoms with E-state index in [4.69, 9.17) is 0 Å². The molecule has 8 heavy (non-hydrogen) atoms. The summed E-state index contributed by atoms with van der Waals surface area (Å²) in [6, 6.07) is 0. The SMILES string of the molecule is O=c1op(F)oc1=O. The summed E-state index contributed by atoms with van der Waals surface area (Å²) in [4.78, 5) is 19.7. The smallest absolute Gasteiger partial charge is 0.352 e. The Morgan fingerprint density at radius 1 is 1.25 bits per heavy atom. The minimum Gasteiger partial charge on any atom is -0.352 e. The summed E-state index contributed by atoms with van der Waals surface area (Å²) in [6.07, 6.45) is 0. The average Bonchev–Trinajstić information content (AvgIpc) is 1.85. The standard InChI is InChI=1S/C2FO4P/c3-8-6-1(4)2(5)7-8. The van der Waals surface area contributed by atoms with Crippen LogP contribution in [-0.2, 0) is 0 Å². The van der Waals surface area contributed by atoms with Crippen LogP contribution in [0.5, 0.6) is 0 Å². The normalized spacial score (nSPS) is 9.62. The first kappa shape index (κ1) is 5.31. The Labute approximate surface area is 42.9 Å². The highest BCUT2D eigenvalue weighted by Gasteiger charge is 2.03. The van der Waals surface area contributed by atoms with Crippen LogP contribution in [0.3, 0.4) is 0 Å². The first-order valence-electron chi connectivity index (χ1n) is 1.60. The van der Waals surface area contributed by atoms with Crippen LogP contribution in [0, 0.1) is 0 Å². The monoisotopic (exact) mass is 138 g/mol. The first-order valence-corrected chi connectivity index (χ1v) is 2.67. The number of hydrogen-bond acceptors (Lipinski definition) is 4. The predicted molar refractivity (Wildman–Crippen MR) is 22.7 cm³/mol. The Balaban J connectivity index is 3.59. The van der Waals surface area contributed by atoms with Crippen LogP contribution in [0.2, 0.25) is 0 Å². The summed E-state index contributed by atoms with van der Waals surface area (Å²) < 4.78 is 18.9. The van der Waals surface area contributed by atoms with E-state index in [0.29, 0.717) is 0 Å². The first-order chi connectivity index (χ1) is 3.70. The largest absolute Gasteiger partial charge is 0.436 e. The van der Waals surface area contributed by atoms with Crippen molar-refractivity contribution in [3.8, 4) is 0 Å². The minimum absolute atomic E-state index is 1.25. The maximum absolute atomic E-state index is 11.6. The van der Waals surface area contributed by atoms with Crippen molar-refractivity contribution in [2.24, 2.45) is 0 Å². The molecule has 1 heterocycles. The molecule has 1 aromatic heterocycles. The second-order valence-electron chi connectivity index (χ2n) is 0.970. The molecule has 0 aromatic carbocycles. The van der Waals surface area contributed by atoms with Gasteiger partial charge in [0.1, 0.15) is 0 Å². The molecule has 1 rings (SSSR count). The molecule has 0 unspecified atom stereocenters. The fraction of sp³-hybridized carbons (Fsp3) is 0. The Morgan fingerprint density at radius 3 is 1.75 bits per heavy atom. The van der Waals surface area contributed by atoms with Crippen LogP contribution in [0.4, 0.5) is 4.20 Å². The fourth-order valence-electron chi connectivity index (χ4n) is 0.224. The van der Waals surface area contributed by atoms with Gasteiger partial charge in [0.05, 0.1) is 0 Å². The minimum atomic E-state index is -2.74. The quantitative estimate of drug-likeness (QED) is 0.484. The van der Waals surface area contributed by atoms with Crippen molar-refractivity contribution in [2.75, 3.05) is 0 Å². The van der Waals surface area contributed by atoms with E-state index < -0.39 is 19.6 Å². The molecule has 0 saturated heterocycles. The topological polar surface area (TPSA) is 60.4 Å². The zero-order chi connectivity index (χ0) is 6.15. The molecule has 4 nitrogen and oxygen atoms in total. The van der Waals surface area contributed by atoms with E-state index in [1.165, 1.54) is 0 Å². The number of rotatable bonds is 0. The molecule has 1 aromatic rings. The summed E-state index contributed by atoms with van der Waals surface area (Å²) in [6.45, 7) is 0. The molecular formula is C2FO4P. The van der Waals surface area contributed by atoms with Crippen LogP contribution in [0.15, 0.2) is 18.0 Å². The zero-order valence-electron chi connectivity index (χ0n) is 3.46. The molecule has 0 aliphatic heterocycles. The second kappa shape index (κ2) is 1.59. The fourth-order valence-corrected chi connectivity index (χ4v) is 0.671. The van der Waals surface area contributed by atoms with Gasteiger partial charge in [-0.3, -0.25) is 0 Å². The van der Waals surface area contributed by atoms with Gasteiger partial charge in [0, 0.05) is 0 Å². The molecule has 0 aliphatic rings. The molecule has 0 spiro atoms. The highest BCUT2D eigenvalue weighted by Crippen LogP contribution is 2.21. The van der Waals surface area contributed by atoms with Gasteiger partial charge in [-0.1, -0.05) is 0 Å². The van der Waals surface area contributed by atoms with E-state index in [-0.39, 0.29) is 0 Å². The van der Waals surface area contributed by atoms with Crippen molar-refractivity contribution in [2.45, 2.75) is 0 Å². The van der Waals surface area contributed by atoms with E-state index in [0.717, 1.165) is 0 Å². The van der Waals surface area contributed by atoms with Crippen LogP contribution in [-0.4, -0.2) is 0 Å². The van der Waals surface area contributed by atoms with Crippen molar-refractivity contribution in [3.05, 3.63) is 20.8 Å². The summed E-state index contributed by atoms with van der Waals surface area (Å²) in [5.41, 5.74) is -2.50. The molecule has 0 radical (unpaired) electrons. The summed E-state index contributed by atoms with van der Waals surface area (Å²) in [5, 5.41) is 0. The molecular weight excluding hydrogens is 138 g/mol. The Kier molecular flexibility index (Phi) is 1.06. The summed E-state index contributed by atoms with van der Waals surface area (Å²) >= 11 is 0. The van der Waals surface area contributed by atoms with Crippen molar-refractivity contribution < 1.29 is 12.6 Å². The Hall–Kier alpha value is -0.830. The Morgan fingerprint density at radius 2 is 1.62 bits per heavy atom. The lowest BCUT2D eigenvalue weighted by Gasteiger charge is -1.60. The lowest BCUT2D eigenvalue weighted by molar-refractivity contribution is 0.574. The molecule has 0 saturated carbocycles. The van der Waals surface area contributed by atoms with Gasteiger partial charge in [-0.25, -0.2) is 9.59 Å². The van der Waals surface area contributed by atoms with Gasteiger partial charge in [0.15, 0.2) is 0 Å². The van der Waals surface area contributed by atoms with Crippen LogP contribution in [0.25, 0.3) is 0 Å². The van der Waals surface area contributed by atoms with Gasteiger partial charge in [-0.15, -0.1) is 4.20 Å². The van der Waals surface area contributed by atoms with E-state index in [1.807, 2.05) is 0 Å². The maximum Gasteiger partial charge on any atom is 0.436 e. The molecule has 0 bridgehead atoms. The second-order valence-corrected chi connectivity index (χ2v) is 1.76. The molecule has 6 heteroatoms. The molecule has 44 valence electrons. The number of hydrogen-bond donors (Lipinski definition) is 0. The summed E-state index contributed by atoms with van der Waals surface area (Å²) in [7, 11) is -2.74. The molecule has 0 N–H and O–H groups in total. The lowest BCUT2D eigenvalue weighted by Crippen LogP contribution is -2.14. The van der Waals surface area contributed by atoms with Gasteiger partial charge in [-0.2, -0.15) is 0 Å². The van der Waals surface area contributed by atoms with Gasteiger partial charge in [-0.05, 0) is 0 Å². The van der Waals surface area contributed by atoms with Gasteiger partial charge < -0.3 is 8.39 Å². The number of halogens is 1. The average molecular weight is 138 g/mol. The lowest BCUT2D eigenvalue weighted by atomic mass is 11.0. The third-order valence-electron chi connectivity index (χ3n) is 0.476. The van der Waals surface area contributed by atoms with E-state index in [9.17, 15) is 13.8 Å². The molecule has 0 amide bonds. The van der Waals surface area contributed by atoms with Crippen LogP contribution >= 0.6 is 8.32 Å². The predicted octanol–water partition coefficient (Wildman–Crippen LogP) is 0.312. The van der Waals surface area contributed by atoms with E-state index >= 15 is 0 Å². The highest BCUT2D eigenvalue weighted by atomic mass is 31.1. The zero-order valence-corrected chi connectivity index (χ0v) is 4.35. The summed E-state index contributed by atoms with van der Waals surface area (Å²) in [5.74, 6) is 0. The van der Waals surface area contributed by atoms with Gasteiger partial charge >= 0.3 is 19.6 Å². The van der Waals surface area contributed by atoms with Crippen molar-refractivity contribution >= 4 is 8.32 Å². The molecule has 0 atom stereocenters. The van der Waals surface area contributed by atoms with Gasteiger partial charge in [0.25, 0.3) is 0 Å². The Bertz CT molecular complexity index is 251. The molecule has 0 aliphatic carbocycles. The third kappa shape index (κ3) is 0.721. The van der Waals surface area contributed by atoms with E-state index in [1.54, 1.807) is 0 Å². The van der Waals surface area contributed by atoms with Crippen LogP contribution in [0.1, 0.15) is 0 Å². The molecule has 0 fully saturated rings.